The number of aliphatic hydroxyl groups is 1. The lowest BCUT2D eigenvalue weighted by atomic mass is 9.92. The lowest BCUT2D eigenvalue weighted by molar-refractivity contribution is 0.147. The molecule has 5 heteroatoms. The topological polar surface area (TPSA) is 54.2 Å². The van der Waals surface area contributed by atoms with E-state index in [1.807, 2.05) is 0 Å². The first-order valence-electron chi connectivity index (χ1n) is 8.43. The molecule has 0 spiro atoms. The number of likely N-dealkylation sites (tertiary alicyclic amines) is 1. The number of piperidine rings is 1. The summed E-state index contributed by atoms with van der Waals surface area (Å²) < 4.78 is 2.28. The van der Waals surface area contributed by atoms with Crippen LogP contribution in [0.4, 0.5) is 0 Å². The highest BCUT2D eigenvalue weighted by atomic mass is 16.3. The molecule has 0 aliphatic carbocycles. The van der Waals surface area contributed by atoms with Crippen molar-refractivity contribution in [3.8, 4) is 0 Å². The fourth-order valence-electron chi connectivity index (χ4n) is 3.68. The first kappa shape index (κ1) is 15.0. The number of hydrogen-bond donors (Lipinski definition) is 1. The van der Waals surface area contributed by atoms with Crippen LogP contribution in [0.2, 0.25) is 0 Å². The van der Waals surface area contributed by atoms with Crippen LogP contribution < -0.4 is 0 Å². The van der Waals surface area contributed by atoms with E-state index in [1.54, 1.807) is 0 Å². The van der Waals surface area contributed by atoms with E-state index in [0.29, 0.717) is 12.0 Å². The summed E-state index contributed by atoms with van der Waals surface area (Å²) in [5, 5.41) is 18.2. The second-order valence-electron chi connectivity index (χ2n) is 7.01. The summed E-state index contributed by atoms with van der Waals surface area (Å²) in [5.41, 5.74) is 0. The molecule has 5 nitrogen and oxygen atoms in total. The Labute approximate surface area is 127 Å². The summed E-state index contributed by atoms with van der Waals surface area (Å²) >= 11 is 0. The Bertz CT molecular complexity index is 463. The van der Waals surface area contributed by atoms with E-state index in [1.165, 1.54) is 25.9 Å². The van der Waals surface area contributed by atoms with Crippen molar-refractivity contribution >= 4 is 0 Å². The average Bonchev–Trinajstić information content (AvgIpc) is 2.90. The van der Waals surface area contributed by atoms with Gasteiger partial charge in [-0.2, -0.15) is 0 Å². The Morgan fingerprint density at radius 3 is 2.57 bits per heavy atom. The van der Waals surface area contributed by atoms with Gasteiger partial charge in [0.25, 0.3) is 0 Å². The summed E-state index contributed by atoms with van der Waals surface area (Å²) in [4.78, 5) is 2.57. The van der Waals surface area contributed by atoms with E-state index in [-0.39, 0.29) is 6.61 Å². The van der Waals surface area contributed by atoms with Crippen LogP contribution in [0.25, 0.3) is 0 Å². The van der Waals surface area contributed by atoms with Crippen LogP contribution in [0.15, 0.2) is 0 Å². The van der Waals surface area contributed by atoms with Gasteiger partial charge in [0, 0.05) is 38.0 Å². The molecule has 0 aromatic carbocycles. The van der Waals surface area contributed by atoms with Crippen LogP contribution in [0.5, 0.6) is 0 Å². The minimum atomic E-state index is 0.282. The molecule has 1 fully saturated rings. The van der Waals surface area contributed by atoms with E-state index < -0.39 is 0 Å². The van der Waals surface area contributed by atoms with Gasteiger partial charge in [-0.1, -0.05) is 0 Å². The quantitative estimate of drug-likeness (QED) is 0.913. The number of aromatic nitrogens is 3. The highest BCUT2D eigenvalue weighted by molar-refractivity contribution is 5.01. The van der Waals surface area contributed by atoms with Gasteiger partial charge in [-0.3, -0.25) is 0 Å². The van der Waals surface area contributed by atoms with Crippen LogP contribution in [0.1, 0.15) is 44.8 Å². The molecule has 0 bridgehead atoms. The molecule has 1 saturated heterocycles. The molecule has 21 heavy (non-hydrogen) atoms. The van der Waals surface area contributed by atoms with Crippen molar-refractivity contribution in [2.45, 2.75) is 58.5 Å². The second kappa shape index (κ2) is 6.44. The molecule has 2 aliphatic rings. The minimum absolute atomic E-state index is 0.282. The molecule has 0 radical (unpaired) electrons. The van der Waals surface area contributed by atoms with Gasteiger partial charge in [-0.15, -0.1) is 10.2 Å². The molecule has 1 aromatic heterocycles. The van der Waals surface area contributed by atoms with Crippen molar-refractivity contribution in [2.75, 3.05) is 19.7 Å². The number of fused-ring (bicyclic) bond motifs is 1. The average molecular weight is 292 g/mol. The van der Waals surface area contributed by atoms with Crippen LogP contribution in [0.3, 0.4) is 0 Å². The van der Waals surface area contributed by atoms with E-state index >= 15 is 0 Å². The summed E-state index contributed by atoms with van der Waals surface area (Å²) in [7, 11) is 0. The van der Waals surface area contributed by atoms with E-state index in [4.69, 9.17) is 0 Å². The molecule has 2 aliphatic heterocycles. The first-order chi connectivity index (χ1) is 10.2. The SMILES string of the molecule is CC(C)N1CCC(Cc2nnc3n2CC(CO)CC3)CC1. The number of hydrogen-bond acceptors (Lipinski definition) is 4. The van der Waals surface area contributed by atoms with E-state index in [2.05, 4.69) is 33.5 Å². The Kier molecular flexibility index (Phi) is 4.60. The normalized spacial score (nSPS) is 24.5. The van der Waals surface area contributed by atoms with E-state index in [0.717, 1.165) is 43.4 Å². The van der Waals surface area contributed by atoms with Crippen molar-refractivity contribution in [3.05, 3.63) is 11.6 Å². The number of aryl methyl sites for hydroxylation is 1. The molecule has 1 atom stereocenters. The predicted molar refractivity (Wildman–Crippen MR) is 82.1 cm³/mol. The number of aliphatic hydroxyl groups excluding tert-OH is 1. The van der Waals surface area contributed by atoms with Crippen LogP contribution in [-0.4, -0.2) is 50.5 Å². The molecular weight excluding hydrogens is 264 g/mol. The van der Waals surface area contributed by atoms with Crippen molar-refractivity contribution in [2.24, 2.45) is 11.8 Å². The maximum absolute atomic E-state index is 9.39. The fourth-order valence-corrected chi connectivity index (χ4v) is 3.68. The Morgan fingerprint density at radius 2 is 1.90 bits per heavy atom. The number of nitrogens with zero attached hydrogens (tertiary/aromatic N) is 4. The molecular formula is C16H28N4O. The molecule has 3 rings (SSSR count). The predicted octanol–water partition coefficient (Wildman–Crippen LogP) is 1.50. The molecule has 0 amide bonds. The lowest BCUT2D eigenvalue weighted by Gasteiger charge is -2.34. The highest BCUT2D eigenvalue weighted by Crippen LogP contribution is 2.25. The van der Waals surface area contributed by atoms with Crippen molar-refractivity contribution in [3.63, 3.8) is 0 Å². The summed E-state index contributed by atoms with van der Waals surface area (Å²) in [6, 6.07) is 0.664. The summed E-state index contributed by atoms with van der Waals surface area (Å²) in [5.74, 6) is 3.39. The summed E-state index contributed by atoms with van der Waals surface area (Å²) in [6.07, 6.45) is 5.59. The minimum Gasteiger partial charge on any atom is -0.396 e. The molecule has 1 unspecified atom stereocenters. The van der Waals surface area contributed by atoms with Gasteiger partial charge >= 0.3 is 0 Å². The summed E-state index contributed by atoms with van der Waals surface area (Å²) in [6.45, 7) is 8.17. The van der Waals surface area contributed by atoms with Crippen LogP contribution in [-0.2, 0) is 19.4 Å². The third-order valence-corrected chi connectivity index (χ3v) is 5.23. The first-order valence-corrected chi connectivity index (χ1v) is 8.43. The third kappa shape index (κ3) is 3.29. The lowest BCUT2D eigenvalue weighted by Crippen LogP contribution is -2.39. The maximum atomic E-state index is 9.39. The van der Waals surface area contributed by atoms with Gasteiger partial charge in [-0.05, 0) is 52.1 Å². The zero-order valence-corrected chi connectivity index (χ0v) is 13.3. The zero-order valence-electron chi connectivity index (χ0n) is 13.3. The molecule has 0 saturated carbocycles. The van der Waals surface area contributed by atoms with Gasteiger partial charge in [0.15, 0.2) is 0 Å². The Hall–Kier alpha value is -0.940. The zero-order chi connectivity index (χ0) is 14.8. The maximum Gasteiger partial charge on any atom is 0.133 e. The van der Waals surface area contributed by atoms with Gasteiger partial charge < -0.3 is 14.6 Å². The van der Waals surface area contributed by atoms with Crippen molar-refractivity contribution in [1.29, 1.82) is 0 Å². The smallest absolute Gasteiger partial charge is 0.133 e. The van der Waals surface area contributed by atoms with Crippen molar-refractivity contribution in [1.82, 2.24) is 19.7 Å². The van der Waals surface area contributed by atoms with E-state index in [9.17, 15) is 5.11 Å². The molecule has 1 N–H and O–H groups in total. The van der Waals surface area contributed by atoms with Gasteiger partial charge in [0.2, 0.25) is 0 Å². The van der Waals surface area contributed by atoms with Gasteiger partial charge in [-0.25, -0.2) is 0 Å². The highest BCUT2D eigenvalue weighted by Gasteiger charge is 2.26. The number of rotatable bonds is 4. The Balaban J connectivity index is 1.61. The standard InChI is InChI=1S/C16H28N4O/c1-12(2)19-7-5-13(6-8-19)9-16-18-17-15-4-3-14(11-21)10-20(15)16/h12-14,21H,3-11H2,1-2H3. The van der Waals surface area contributed by atoms with Crippen LogP contribution >= 0.6 is 0 Å². The molecule has 1 aromatic rings. The molecule has 118 valence electrons. The van der Waals surface area contributed by atoms with Crippen molar-refractivity contribution < 1.29 is 5.11 Å². The monoisotopic (exact) mass is 292 g/mol. The van der Waals surface area contributed by atoms with Gasteiger partial charge in [0.1, 0.15) is 11.6 Å². The second-order valence-corrected chi connectivity index (χ2v) is 7.01. The third-order valence-electron chi connectivity index (χ3n) is 5.23. The van der Waals surface area contributed by atoms with Crippen LogP contribution in [0, 0.1) is 11.8 Å². The van der Waals surface area contributed by atoms with Gasteiger partial charge in [0.05, 0.1) is 0 Å². The largest absolute Gasteiger partial charge is 0.396 e. The fraction of sp³-hybridized carbons (Fsp3) is 0.875. The molecule has 3 heterocycles. The Morgan fingerprint density at radius 1 is 1.14 bits per heavy atom.